The summed E-state index contributed by atoms with van der Waals surface area (Å²) in [7, 11) is -0.966. The second kappa shape index (κ2) is 11.3. The summed E-state index contributed by atoms with van der Waals surface area (Å²) in [6.07, 6.45) is 2.71. The molecule has 0 aromatic carbocycles. The van der Waals surface area contributed by atoms with E-state index >= 15 is 0 Å². The third-order valence-electron chi connectivity index (χ3n) is 5.81. The number of carboxylic acid groups (broad SMARTS) is 1. The molecule has 9 nitrogen and oxygen atoms in total. The van der Waals surface area contributed by atoms with Gasteiger partial charge < -0.3 is 25.7 Å². The largest absolute Gasteiger partial charge is 0.465 e. The van der Waals surface area contributed by atoms with Crippen molar-refractivity contribution in [2.24, 2.45) is 0 Å². The first-order valence-electron chi connectivity index (χ1n) is 10.1. The number of aldehydes is 1. The Bertz CT molecular complexity index is 732. The molecule has 176 valence electrons. The number of hydrogen-bond acceptors (Lipinski definition) is 6. The van der Waals surface area contributed by atoms with Gasteiger partial charge in [0.25, 0.3) is 0 Å². The van der Waals surface area contributed by atoms with Crippen LogP contribution in [0.2, 0.25) is 0 Å². The van der Waals surface area contributed by atoms with Gasteiger partial charge in [-0.1, -0.05) is 17.7 Å². The van der Waals surface area contributed by atoms with Crippen LogP contribution in [0.4, 0.5) is 4.79 Å². The van der Waals surface area contributed by atoms with Gasteiger partial charge in [0.05, 0.1) is 23.6 Å². The van der Waals surface area contributed by atoms with Crippen molar-refractivity contribution in [3.8, 4) is 0 Å². The fourth-order valence-electron chi connectivity index (χ4n) is 4.12. The Kier molecular flexibility index (Phi) is 9.38. The van der Waals surface area contributed by atoms with Crippen molar-refractivity contribution in [2.75, 3.05) is 18.6 Å². The maximum atomic E-state index is 13.1. The molecule has 0 aromatic heterocycles. The molecule has 0 bridgehead atoms. The van der Waals surface area contributed by atoms with Gasteiger partial charge in [-0.3, -0.25) is 14.5 Å². The maximum Gasteiger partial charge on any atom is 0.408 e. The van der Waals surface area contributed by atoms with E-state index in [4.69, 9.17) is 11.6 Å². The molecule has 0 saturated carbocycles. The average Bonchev–Trinajstić information content (AvgIpc) is 2.92. The average molecular weight is 479 g/mol. The van der Waals surface area contributed by atoms with Crippen molar-refractivity contribution in [1.82, 2.24) is 10.2 Å². The summed E-state index contributed by atoms with van der Waals surface area (Å²) in [5, 5.41) is 41.9. The topological polar surface area (TPSA) is 147 Å². The Hall–Kier alpha value is -1.59. The SMILES string of the molecule is C[C@H](Cl)[C@@H](NC(=O)[C@@H]1CC=C(/C=C/C=O)CCN1C(=O)O)[C@@H]1[C@H](O)[C@@H](O)[C@@H](O)C[SH]1C. The molecule has 0 aliphatic carbocycles. The zero-order chi connectivity index (χ0) is 23.3. The smallest absolute Gasteiger partial charge is 0.408 e. The van der Waals surface area contributed by atoms with Crippen molar-refractivity contribution in [2.45, 2.75) is 60.8 Å². The molecular formula is C20H31ClN2O7S. The molecule has 0 radical (unpaired) electrons. The Morgan fingerprint density at radius 1 is 1.32 bits per heavy atom. The lowest BCUT2D eigenvalue weighted by molar-refractivity contribution is -0.127. The third kappa shape index (κ3) is 6.23. The number of nitrogens with zero attached hydrogens (tertiary/aromatic N) is 1. The molecule has 2 aliphatic rings. The van der Waals surface area contributed by atoms with Crippen molar-refractivity contribution in [3.05, 3.63) is 23.8 Å². The molecule has 0 spiro atoms. The van der Waals surface area contributed by atoms with Crippen LogP contribution in [0, 0.1) is 0 Å². The minimum absolute atomic E-state index is 0.0843. The second-order valence-electron chi connectivity index (χ2n) is 7.94. The number of allylic oxidation sites excluding steroid dienone is 2. The van der Waals surface area contributed by atoms with E-state index in [1.807, 2.05) is 6.26 Å². The van der Waals surface area contributed by atoms with E-state index in [0.29, 0.717) is 18.5 Å². The summed E-state index contributed by atoms with van der Waals surface area (Å²) in [4.78, 5) is 36.5. The van der Waals surface area contributed by atoms with E-state index in [1.54, 1.807) is 19.1 Å². The van der Waals surface area contributed by atoms with Crippen LogP contribution in [0.15, 0.2) is 23.8 Å². The number of carbonyl (C=O) groups excluding carboxylic acids is 2. The van der Waals surface area contributed by atoms with Crippen LogP contribution in [0.5, 0.6) is 0 Å². The molecule has 2 amide bonds. The lowest BCUT2D eigenvalue weighted by Crippen LogP contribution is -2.62. The van der Waals surface area contributed by atoms with Gasteiger partial charge in [-0.2, -0.15) is 0 Å². The second-order valence-corrected chi connectivity index (χ2v) is 11.1. The predicted molar refractivity (Wildman–Crippen MR) is 120 cm³/mol. The number of halogens is 1. The first-order valence-corrected chi connectivity index (χ1v) is 12.6. The Morgan fingerprint density at radius 3 is 2.58 bits per heavy atom. The number of thiol groups is 1. The summed E-state index contributed by atoms with van der Waals surface area (Å²) in [6, 6.07) is -1.73. The molecule has 0 aromatic rings. The van der Waals surface area contributed by atoms with Gasteiger partial charge in [0.1, 0.15) is 18.4 Å². The fourth-order valence-corrected chi connectivity index (χ4v) is 7.07. The molecule has 2 aliphatic heterocycles. The Morgan fingerprint density at radius 2 is 2.00 bits per heavy atom. The zero-order valence-corrected chi connectivity index (χ0v) is 19.1. The number of aliphatic hydroxyl groups excluding tert-OH is 3. The lowest BCUT2D eigenvalue weighted by atomic mass is 9.97. The van der Waals surface area contributed by atoms with E-state index in [9.17, 15) is 34.8 Å². The van der Waals surface area contributed by atoms with E-state index in [0.717, 1.165) is 10.5 Å². The van der Waals surface area contributed by atoms with Gasteiger partial charge in [-0.15, -0.1) is 11.6 Å². The summed E-state index contributed by atoms with van der Waals surface area (Å²) < 4.78 is 0. The van der Waals surface area contributed by atoms with Gasteiger partial charge in [-0.25, -0.2) is 15.7 Å². The van der Waals surface area contributed by atoms with Crippen LogP contribution in [0.25, 0.3) is 0 Å². The van der Waals surface area contributed by atoms with Crippen LogP contribution < -0.4 is 5.32 Å². The monoisotopic (exact) mass is 478 g/mol. The fraction of sp³-hybridized carbons (Fsp3) is 0.650. The number of nitrogens with one attached hydrogen (secondary N) is 1. The molecule has 11 heteroatoms. The van der Waals surface area contributed by atoms with Crippen LogP contribution in [-0.2, 0) is 9.59 Å². The van der Waals surface area contributed by atoms with Crippen LogP contribution in [-0.4, -0.2) is 103 Å². The van der Waals surface area contributed by atoms with Gasteiger partial charge in [-0.05, 0) is 32.1 Å². The maximum absolute atomic E-state index is 13.1. The highest BCUT2D eigenvalue weighted by molar-refractivity contribution is 8.17. The van der Waals surface area contributed by atoms with Crippen molar-refractivity contribution < 1.29 is 34.8 Å². The van der Waals surface area contributed by atoms with Crippen molar-refractivity contribution >= 4 is 40.8 Å². The van der Waals surface area contributed by atoms with Crippen LogP contribution >= 0.6 is 22.5 Å². The normalized spacial score (nSPS) is 35.0. The quantitative estimate of drug-likeness (QED) is 0.136. The van der Waals surface area contributed by atoms with Crippen molar-refractivity contribution in [1.29, 1.82) is 0 Å². The van der Waals surface area contributed by atoms with Crippen LogP contribution in [0.1, 0.15) is 19.8 Å². The van der Waals surface area contributed by atoms with E-state index in [2.05, 4.69) is 5.32 Å². The van der Waals surface area contributed by atoms with Gasteiger partial charge in [0.15, 0.2) is 0 Å². The molecule has 2 heterocycles. The highest BCUT2D eigenvalue weighted by atomic mass is 35.5. The molecule has 2 rings (SSSR count). The Balaban J connectivity index is 2.25. The van der Waals surface area contributed by atoms with Crippen LogP contribution in [0.3, 0.4) is 0 Å². The lowest BCUT2D eigenvalue weighted by Gasteiger charge is -2.46. The molecule has 31 heavy (non-hydrogen) atoms. The number of hydrogen-bond donors (Lipinski definition) is 6. The molecule has 5 N–H and O–H groups in total. The minimum atomic E-state index is -1.35. The first-order chi connectivity index (χ1) is 14.6. The Labute approximate surface area is 189 Å². The minimum Gasteiger partial charge on any atom is -0.465 e. The van der Waals surface area contributed by atoms with Gasteiger partial charge >= 0.3 is 6.09 Å². The number of aliphatic hydroxyl groups is 3. The molecule has 1 unspecified atom stereocenters. The van der Waals surface area contributed by atoms with E-state index < -0.39 is 63.9 Å². The summed E-state index contributed by atoms with van der Waals surface area (Å²) in [5.74, 6) is -0.249. The highest BCUT2D eigenvalue weighted by Crippen LogP contribution is 2.40. The zero-order valence-electron chi connectivity index (χ0n) is 17.5. The number of carbonyl (C=O) groups is 3. The molecule has 8 atom stereocenters. The van der Waals surface area contributed by atoms with E-state index in [1.165, 1.54) is 6.08 Å². The predicted octanol–water partition coefficient (Wildman–Crippen LogP) is 0.0183. The number of rotatable bonds is 6. The summed E-state index contributed by atoms with van der Waals surface area (Å²) in [6.45, 7) is 1.74. The highest BCUT2D eigenvalue weighted by Gasteiger charge is 2.45. The number of alkyl halides is 1. The number of amides is 2. The first kappa shape index (κ1) is 25.7. The summed E-state index contributed by atoms with van der Waals surface area (Å²) >= 11 is 6.34. The summed E-state index contributed by atoms with van der Waals surface area (Å²) in [5.41, 5.74) is 0.757. The standard InChI is InChI=1S/C20H31ClN2O7S/c1-11(21)15(18-17(27)16(26)14(25)10-31(18)2)22-19(28)13-6-5-12(4-3-9-24)7-8-23(13)20(29)30/h3-5,9,11,13-18,25-27,31H,6-8,10H2,1-2H3,(H,22,28)(H,29,30)/b4-3+/t11-,13-,14-,15+,16-,17+,18+/m0/s1. The van der Waals surface area contributed by atoms with Gasteiger partial charge in [0.2, 0.25) is 5.91 Å². The molecule has 1 saturated heterocycles. The van der Waals surface area contributed by atoms with E-state index in [-0.39, 0.29) is 13.0 Å². The van der Waals surface area contributed by atoms with Crippen molar-refractivity contribution in [3.63, 3.8) is 0 Å². The molecule has 1 fully saturated rings. The van der Waals surface area contributed by atoms with Gasteiger partial charge in [0, 0.05) is 17.5 Å². The third-order valence-corrected chi connectivity index (χ3v) is 8.67. The molecular weight excluding hydrogens is 448 g/mol.